The maximum atomic E-state index is 11.0. The highest BCUT2D eigenvalue weighted by molar-refractivity contribution is 7.40. The van der Waals surface area contributed by atoms with Gasteiger partial charge in [-0.05, 0) is 0 Å². The summed E-state index contributed by atoms with van der Waals surface area (Å²) in [6.45, 7) is -0.0553. The Kier molecular flexibility index (Phi) is 5.05. The van der Waals surface area contributed by atoms with Crippen molar-refractivity contribution in [3.63, 3.8) is 0 Å². The standard InChI is InChI=1S/C2H4ClF2OP/c3-1-2-6-7(4)5/h1-2H2. The van der Waals surface area contributed by atoms with Crippen molar-refractivity contribution >= 4 is 20.4 Å². The Morgan fingerprint density at radius 1 is 1.57 bits per heavy atom. The van der Waals surface area contributed by atoms with Gasteiger partial charge in [-0.25, -0.2) is 0 Å². The second-order valence-electron chi connectivity index (χ2n) is 0.724. The lowest BCUT2D eigenvalue weighted by molar-refractivity contribution is 0.331. The van der Waals surface area contributed by atoms with Gasteiger partial charge >= 0.3 is 8.77 Å². The molecule has 0 fully saturated rings. The van der Waals surface area contributed by atoms with Gasteiger partial charge in [0.05, 0.1) is 6.61 Å². The van der Waals surface area contributed by atoms with Crippen LogP contribution in [0.15, 0.2) is 0 Å². The third-order valence-corrected chi connectivity index (χ3v) is 0.798. The summed E-state index contributed by atoms with van der Waals surface area (Å²) in [5.41, 5.74) is 0. The van der Waals surface area contributed by atoms with Gasteiger partial charge in [0.1, 0.15) is 0 Å². The summed E-state index contributed by atoms with van der Waals surface area (Å²) in [6, 6.07) is 0. The summed E-state index contributed by atoms with van der Waals surface area (Å²) in [5, 5.41) is 0. The maximum absolute atomic E-state index is 11.0. The fraction of sp³-hybridized carbons (Fsp3) is 1.00. The predicted molar refractivity (Wildman–Crippen MR) is 25.8 cm³/mol. The Hall–Kier alpha value is 0.540. The van der Waals surface area contributed by atoms with Gasteiger partial charge in [-0.1, -0.05) is 0 Å². The van der Waals surface area contributed by atoms with Crippen LogP contribution in [0, 0.1) is 0 Å². The smallest absolute Gasteiger partial charge is 0.305 e. The predicted octanol–water partition coefficient (Wildman–Crippen LogP) is 2.41. The Morgan fingerprint density at radius 2 is 2.14 bits per heavy atom. The fourth-order valence-electron chi connectivity index (χ4n) is 0.104. The highest BCUT2D eigenvalue weighted by atomic mass is 35.5. The molecule has 0 atom stereocenters. The van der Waals surface area contributed by atoms with Crippen molar-refractivity contribution in [2.24, 2.45) is 0 Å². The molecule has 0 amide bonds. The average Bonchev–Trinajstić information content (AvgIpc) is 1.61. The Morgan fingerprint density at radius 3 is 2.29 bits per heavy atom. The molecule has 1 nitrogen and oxygen atoms in total. The van der Waals surface area contributed by atoms with Crippen LogP contribution < -0.4 is 0 Å². The number of hydrogen-bond acceptors (Lipinski definition) is 1. The van der Waals surface area contributed by atoms with Crippen LogP contribution in [-0.2, 0) is 4.52 Å². The van der Waals surface area contributed by atoms with E-state index in [0.29, 0.717) is 0 Å². The molecule has 7 heavy (non-hydrogen) atoms. The van der Waals surface area contributed by atoms with Gasteiger partial charge < -0.3 is 4.52 Å². The second kappa shape index (κ2) is 4.69. The van der Waals surface area contributed by atoms with E-state index in [1.54, 1.807) is 0 Å². The lowest BCUT2D eigenvalue weighted by Gasteiger charge is -1.92. The third kappa shape index (κ3) is 6.54. The zero-order chi connectivity index (χ0) is 5.70. The molecule has 0 bridgehead atoms. The van der Waals surface area contributed by atoms with Crippen molar-refractivity contribution in [3.05, 3.63) is 0 Å². The molecule has 0 rings (SSSR count). The van der Waals surface area contributed by atoms with Crippen LogP contribution in [-0.4, -0.2) is 12.5 Å². The maximum Gasteiger partial charge on any atom is 0.415 e. The van der Waals surface area contributed by atoms with Crippen LogP contribution in [0.2, 0.25) is 0 Å². The van der Waals surface area contributed by atoms with Crippen LogP contribution in [0.25, 0.3) is 0 Å². The van der Waals surface area contributed by atoms with Crippen LogP contribution >= 0.6 is 20.4 Å². The van der Waals surface area contributed by atoms with E-state index in [2.05, 4.69) is 4.52 Å². The van der Waals surface area contributed by atoms with E-state index in [1.165, 1.54) is 0 Å². The number of hydrogen-bond donors (Lipinski definition) is 0. The molecule has 0 saturated carbocycles. The Balaban J connectivity index is 2.68. The van der Waals surface area contributed by atoms with Gasteiger partial charge in [0.15, 0.2) is 0 Å². The molecule has 0 unspecified atom stereocenters. The molecular formula is C2H4ClF2OP. The van der Waals surface area contributed by atoms with Crippen molar-refractivity contribution in [2.45, 2.75) is 0 Å². The van der Waals surface area contributed by atoms with E-state index >= 15 is 0 Å². The molecule has 0 aliphatic rings. The first kappa shape index (κ1) is 7.54. The van der Waals surface area contributed by atoms with Crippen molar-refractivity contribution in [2.75, 3.05) is 12.5 Å². The summed E-state index contributed by atoms with van der Waals surface area (Å²) >= 11 is 5.00. The van der Waals surface area contributed by atoms with Gasteiger partial charge in [-0.2, -0.15) is 8.39 Å². The largest absolute Gasteiger partial charge is 0.415 e. The SMILES string of the molecule is FP(F)OCCCl. The van der Waals surface area contributed by atoms with Crippen molar-refractivity contribution < 1.29 is 12.9 Å². The zero-order valence-electron chi connectivity index (χ0n) is 3.40. The van der Waals surface area contributed by atoms with Gasteiger partial charge in [0.25, 0.3) is 0 Å². The first-order chi connectivity index (χ1) is 3.27. The molecule has 0 aromatic rings. The molecule has 44 valence electrons. The molecule has 0 aliphatic carbocycles. The molecule has 0 saturated heterocycles. The molecule has 0 aromatic heterocycles. The first-order valence-electron chi connectivity index (χ1n) is 1.58. The average molecular weight is 148 g/mol. The summed E-state index contributed by atoms with van der Waals surface area (Å²) in [4.78, 5) is 0. The lowest BCUT2D eigenvalue weighted by Crippen LogP contribution is -1.83. The van der Waals surface area contributed by atoms with Crippen LogP contribution in [0.1, 0.15) is 0 Å². The molecule has 0 heterocycles. The van der Waals surface area contributed by atoms with Crippen LogP contribution in [0.4, 0.5) is 8.39 Å². The van der Waals surface area contributed by atoms with E-state index in [0.717, 1.165) is 0 Å². The summed E-state index contributed by atoms with van der Waals surface area (Å²) in [7, 11) is -3.19. The van der Waals surface area contributed by atoms with Crippen LogP contribution in [0.3, 0.4) is 0 Å². The Bertz CT molecular complexity index is 44.7. The molecule has 0 aromatic carbocycles. The zero-order valence-corrected chi connectivity index (χ0v) is 5.05. The molecule has 0 N–H and O–H groups in total. The molecule has 0 spiro atoms. The van der Waals surface area contributed by atoms with Crippen molar-refractivity contribution in [1.29, 1.82) is 0 Å². The third-order valence-electron chi connectivity index (χ3n) is 0.266. The summed E-state index contributed by atoms with van der Waals surface area (Å²) < 4.78 is 25.8. The summed E-state index contributed by atoms with van der Waals surface area (Å²) in [5.74, 6) is 0.132. The highest BCUT2D eigenvalue weighted by Crippen LogP contribution is 2.39. The van der Waals surface area contributed by atoms with E-state index in [4.69, 9.17) is 11.6 Å². The van der Waals surface area contributed by atoms with Gasteiger partial charge in [-0.3, -0.25) is 0 Å². The molecular weight excluding hydrogens is 144 g/mol. The Labute approximate surface area is 46.7 Å². The number of alkyl halides is 1. The monoisotopic (exact) mass is 148 g/mol. The number of rotatable bonds is 3. The minimum absolute atomic E-state index is 0.0553. The summed E-state index contributed by atoms with van der Waals surface area (Å²) in [6.07, 6.45) is 0. The van der Waals surface area contributed by atoms with Gasteiger partial charge in [-0.15, -0.1) is 11.6 Å². The van der Waals surface area contributed by atoms with E-state index in [-0.39, 0.29) is 12.5 Å². The van der Waals surface area contributed by atoms with Crippen LogP contribution in [0.5, 0.6) is 0 Å². The number of halogens is 3. The van der Waals surface area contributed by atoms with Crippen molar-refractivity contribution in [3.8, 4) is 0 Å². The van der Waals surface area contributed by atoms with E-state index in [9.17, 15) is 8.39 Å². The minimum Gasteiger partial charge on any atom is -0.305 e. The molecule has 0 aliphatic heterocycles. The first-order valence-corrected chi connectivity index (χ1v) is 3.15. The quantitative estimate of drug-likeness (QED) is 0.441. The lowest BCUT2D eigenvalue weighted by atomic mass is 10.9. The normalized spacial score (nSPS) is 10.3. The van der Waals surface area contributed by atoms with E-state index < -0.39 is 8.77 Å². The molecule has 5 heteroatoms. The minimum atomic E-state index is -3.19. The van der Waals surface area contributed by atoms with Crippen molar-refractivity contribution in [1.82, 2.24) is 0 Å². The highest BCUT2D eigenvalue weighted by Gasteiger charge is 2.01. The topological polar surface area (TPSA) is 9.23 Å². The second-order valence-corrected chi connectivity index (χ2v) is 1.76. The molecule has 0 radical (unpaired) electrons. The fourth-order valence-corrected chi connectivity index (χ4v) is 0.518. The van der Waals surface area contributed by atoms with E-state index in [1.807, 2.05) is 0 Å². The van der Waals surface area contributed by atoms with Gasteiger partial charge in [0, 0.05) is 5.88 Å². The van der Waals surface area contributed by atoms with Gasteiger partial charge in [0.2, 0.25) is 0 Å².